The Bertz CT molecular complexity index is 1060. The van der Waals surface area contributed by atoms with Gasteiger partial charge in [-0.25, -0.2) is 9.78 Å². The number of benzene rings is 1. The third-order valence-corrected chi connectivity index (χ3v) is 4.34. The summed E-state index contributed by atoms with van der Waals surface area (Å²) in [7, 11) is 1.75. The van der Waals surface area contributed by atoms with Crippen LogP contribution in [0.5, 0.6) is 5.88 Å². The average molecular weight is 377 g/mol. The Morgan fingerprint density at radius 3 is 2.50 bits per heavy atom. The molecule has 0 aliphatic rings. The summed E-state index contributed by atoms with van der Waals surface area (Å²) < 4.78 is 13.9. The highest BCUT2D eigenvalue weighted by atomic mass is 16.7. The summed E-state index contributed by atoms with van der Waals surface area (Å²) in [6.07, 6.45) is -0.752. The van der Waals surface area contributed by atoms with E-state index in [0.29, 0.717) is 17.4 Å². The lowest BCUT2D eigenvalue weighted by molar-refractivity contribution is 0.101. The molecule has 0 fully saturated rings. The van der Waals surface area contributed by atoms with E-state index in [1.807, 2.05) is 18.2 Å². The lowest BCUT2D eigenvalue weighted by Gasteiger charge is -2.09. The lowest BCUT2D eigenvalue weighted by Crippen LogP contribution is -2.13. The monoisotopic (exact) mass is 377 g/mol. The van der Waals surface area contributed by atoms with Gasteiger partial charge in [0.05, 0.1) is 6.61 Å². The molecule has 0 bridgehead atoms. The Kier molecular flexibility index (Phi) is 5.55. The van der Waals surface area contributed by atoms with Gasteiger partial charge in [0.15, 0.2) is 5.82 Å². The molecule has 0 radical (unpaired) electrons. The van der Waals surface area contributed by atoms with Gasteiger partial charge in [-0.2, -0.15) is 0 Å². The molecule has 0 aliphatic heterocycles. The summed E-state index contributed by atoms with van der Waals surface area (Å²) in [5.74, 6) is 7.04. The minimum absolute atomic E-state index is 0.249. The van der Waals surface area contributed by atoms with Gasteiger partial charge in [-0.15, -0.1) is 0 Å². The molecule has 6 heteroatoms. The van der Waals surface area contributed by atoms with Crippen molar-refractivity contribution in [2.24, 2.45) is 7.05 Å². The van der Waals surface area contributed by atoms with Crippen LogP contribution in [0.3, 0.4) is 0 Å². The number of imidazole rings is 1. The first-order chi connectivity index (χ1) is 13.4. The van der Waals surface area contributed by atoms with Crippen molar-refractivity contribution in [3.05, 3.63) is 64.9 Å². The van der Waals surface area contributed by atoms with Crippen LogP contribution in [0.15, 0.2) is 36.4 Å². The highest BCUT2D eigenvalue weighted by Gasteiger charge is 2.16. The number of carbonyl (C=O) groups is 1. The van der Waals surface area contributed by atoms with Crippen molar-refractivity contribution in [3.8, 4) is 23.4 Å². The van der Waals surface area contributed by atoms with E-state index in [-0.39, 0.29) is 6.61 Å². The number of hydrogen-bond donors (Lipinski definition) is 0. The summed E-state index contributed by atoms with van der Waals surface area (Å²) in [5.41, 5.74) is 4.85. The number of carbonyl (C=O) groups excluding carboxylic acids is 1. The number of ether oxygens (including phenoxy) is 2. The molecule has 3 rings (SSSR count). The van der Waals surface area contributed by atoms with Gasteiger partial charge >= 0.3 is 6.16 Å². The first-order valence-electron chi connectivity index (χ1n) is 9.06. The van der Waals surface area contributed by atoms with E-state index >= 15 is 0 Å². The summed E-state index contributed by atoms with van der Waals surface area (Å²) >= 11 is 0. The fourth-order valence-corrected chi connectivity index (χ4v) is 3.03. The molecule has 0 saturated heterocycles. The second kappa shape index (κ2) is 8.05. The van der Waals surface area contributed by atoms with E-state index < -0.39 is 6.16 Å². The Morgan fingerprint density at radius 1 is 1.11 bits per heavy atom. The van der Waals surface area contributed by atoms with Crippen LogP contribution in [0, 0.1) is 32.6 Å². The summed E-state index contributed by atoms with van der Waals surface area (Å²) in [6.45, 7) is 7.89. The molecule has 0 unspecified atom stereocenters. The van der Waals surface area contributed by atoms with Crippen molar-refractivity contribution >= 4 is 6.16 Å². The smallest absolute Gasteiger partial charge is 0.434 e. The molecule has 2 heterocycles. The zero-order valence-corrected chi connectivity index (χ0v) is 16.7. The van der Waals surface area contributed by atoms with Crippen LogP contribution in [0.2, 0.25) is 0 Å². The molecule has 28 heavy (non-hydrogen) atoms. The molecule has 0 atom stereocenters. The summed E-state index contributed by atoms with van der Waals surface area (Å²) in [5, 5.41) is 0. The van der Waals surface area contributed by atoms with Gasteiger partial charge in [-0.05, 0) is 63.9 Å². The standard InChI is InChI=1S/C22H23N3O3/c1-6-27-22(26)28-21-17(4)23-20(24(21)5)13-12-18-8-7-9-19(14-18)25-15(2)10-11-16(25)3/h7-11,14H,6H2,1-5H3. The van der Waals surface area contributed by atoms with Crippen LogP contribution in [-0.2, 0) is 11.8 Å². The molecule has 3 aromatic rings. The van der Waals surface area contributed by atoms with Gasteiger partial charge < -0.3 is 14.0 Å². The van der Waals surface area contributed by atoms with Crippen LogP contribution in [0.25, 0.3) is 5.69 Å². The minimum atomic E-state index is -0.752. The second-order valence-corrected chi connectivity index (χ2v) is 6.42. The molecular formula is C22H23N3O3. The number of hydrogen-bond acceptors (Lipinski definition) is 4. The highest BCUT2D eigenvalue weighted by molar-refractivity contribution is 5.63. The van der Waals surface area contributed by atoms with Crippen LogP contribution >= 0.6 is 0 Å². The fraction of sp³-hybridized carbons (Fsp3) is 0.273. The maximum Gasteiger partial charge on any atom is 0.515 e. The van der Waals surface area contributed by atoms with Crippen LogP contribution in [-0.4, -0.2) is 26.9 Å². The molecule has 0 aliphatic carbocycles. The van der Waals surface area contributed by atoms with Crippen molar-refractivity contribution in [1.82, 2.24) is 14.1 Å². The van der Waals surface area contributed by atoms with Gasteiger partial charge in [-0.1, -0.05) is 12.0 Å². The number of nitrogens with zero attached hydrogens (tertiary/aromatic N) is 3. The maximum absolute atomic E-state index is 11.6. The molecule has 1 aromatic carbocycles. The molecule has 2 aromatic heterocycles. The maximum atomic E-state index is 11.6. The molecule has 144 valence electrons. The molecule has 0 N–H and O–H groups in total. The lowest BCUT2D eigenvalue weighted by atomic mass is 10.2. The van der Waals surface area contributed by atoms with Gasteiger partial charge in [-0.3, -0.25) is 4.57 Å². The van der Waals surface area contributed by atoms with Crippen molar-refractivity contribution in [1.29, 1.82) is 0 Å². The Balaban J connectivity index is 1.89. The Labute approximate surface area is 164 Å². The van der Waals surface area contributed by atoms with E-state index in [0.717, 1.165) is 11.3 Å². The average Bonchev–Trinajstić information content (AvgIpc) is 3.13. The highest BCUT2D eigenvalue weighted by Crippen LogP contribution is 2.19. The number of rotatable bonds is 3. The quantitative estimate of drug-likeness (QED) is 0.510. The van der Waals surface area contributed by atoms with Crippen molar-refractivity contribution < 1.29 is 14.3 Å². The van der Waals surface area contributed by atoms with Crippen LogP contribution in [0.4, 0.5) is 4.79 Å². The van der Waals surface area contributed by atoms with Crippen LogP contribution < -0.4 is 4.74 Å². The molecule has 0 saturated carbocycles. The van der Waals surface area contributed by atoms with E-state index in [1.54, 1.807) is 25.5 Å². The van der Waals surface area contributed by atoms with Crippen molar-refractivity contribution in [3.63, 3.8) is 0 Å². The third kappa shape index (κ3) is 3.94. The van der Waals surface area contributed by atoms with Gasteiger partial charge in [0, 0.05) is 29.7 Å². The number of aromatic nitrogens is 3. The predicted molar refractivity (Wildman–Crippen MR) is 107 cm³/mol. The molecule has 6 nitrogen and oxygen atoms in total. The van der Waals surface area contributed by atoms with E-state index in [1.165, 1.54) is 11.4 Å². The van der Waals surface area contributed by atoms with E-state index in [9.17, 15) is 4.79 Å². The third-order valence-electron chi connectivity index (χ3n) is 4.34. The topological polar surface area (TPSA) is 58.3 Å². The molecule has 0 spiro atoms. The van der Waals surface area contributed by atoms with Crippen molar-refractivity contribution in [2.45, 2.75) is 27.7 Å². The fourth-order valence-electron chi connectivity index (χ4n) is 3.03. The van der Waals surface area contributed by atoms with Gasteiger partial charge in [0.1, 0.15) is 5.69 Å². The SMILES string of the molecule is CCOC(=O)Oc1c(C)nc(C#Cc2cccc(-n3c(C)ccc3C)c2)n1C. The van der Waals surface area contributed by atoms with E-state index in [4.69, 9.17) is 9.47 Å². The first kappa shape index (κ1) is 19.3. The predicted octanol–water partition coefficient (Wildman–Crippen LogP) is 4.07. The largest absolute Gasteiger partial charge is 0.515 e. The van der Waals surface area contributed by atoms with Gasteiger partial charge in [0.25, 0.3) is 0 Å². The Hall–Kier alpha value is -3.46. The van der Waals surface area contributed by atoms with Crippen LogP contribution in [0.1, 0.15) is 35.4 Å². The second-order valence-electron chi connectivity index (χ2n) is 6.42. The zero-order valence-electron chi connectivity index (χ0n) is 16.7. The molecular weight excluding hydrogens is 354 g/mol. The van der Waals surface area contributed by atoms with E-state index in [2.05, 4.69) is 53.4 Å². The number of aryl methyl sites for hydroxylation is 3. The summed E-state index contributed by atoms with van der Waals surface area (Å²) in [4.78, 5) is 16.0. The minimum Gasteiger partial charge on any atom is -0.434 e. The molecule has 0 amide bonds. The zero-order chi connectivity index (χ0) is 20.3. The van der Waals surface area contributed by atoms with Gasteiger partial charge in [0.2, 0.25) is 5.88 Å². The van der Waals surface area contributed by atoms with Crippen molar-refractivity contribution in [2.75, 3.05) is 6.61 Å². The first-order valence-corrected chi connectivity index (χ1v) is 9.06. The summed E-state index contributed by atoms with van der Waals surface area (Å²) in [6, 6.07) is 12.2. The normalized spacial score (nSPS) is 10.3. The Morgan fingerprint density at radius 2 is 1.82 bits per heavy atom.